The maximum atomic E-state index is 12.3. The number of esters is 1. The fraction of sp³-hybridized carbons (Fsp3) is 0.550. The van der Waals surface area contributed by atoms with Gasteiger partial charge in [-0.25, -0.2) is 4.98 Å². The number of halogens is 1. The highest BCUT2D eigenvalue weighted by molar-refractivity contribution is 6.28. The second kappa shape index (κ2) is 8.99. The summed E-state index contributed by atoms with van der Waals surface area (Å²) in [5.74, 6) is 2.37. The molecular formula is C20H25ClN4O4. The van der Waals surface area contributed by atoms with E-state index >= 15 is 0 Å². The highest BCUT2D eigenvalue weighted by Gasteiger charge is 2.50. The number of terminal acetylenes is 1. The first-order valence-corrected chi connectivity index (χ1v) is 10.1. The lowest BCUT2D eigenvalue weighted by molar-refractivity contribution is -0.158. The maximum Gasteiger partial charge on any atom is 0.306 e. The fourth-order valence-electron chi connectivity index (χ4n) is 3.54. The normalized spacial score (nSPS) is 23.9. The van der Waals surface area contributed by atoms with Crippen LogP contribution in [-0.4, -0.2) is 43.9 Å². The number of aliphatic hydroxyl groups is 1. The van der Waals surface area contributed by atoms with Gasteiger partial charge in [-0.2, -0.15) is 4.98 Å². The van der Waals surface area contributed by atoms with Gasteiger partial charge in [-0.3, -0.25) is 4.79 Å². The van der Waals surface area contributed by atoms with Gasteiger partial charge in [0.2, 0.25) is 5.28 Å². The first-order valence-electron chi connectivity index (χ1n) is 9.69. The van der Waals surface area contributed by atoms with Crippen LogP contribution in [0.25, 0.3) is 11.0 Å². The number of anilines is 1. The molecule has 1 aliphatic rings. The highest BCUT2D eigenvalue weighted by Crippen LogP contribution is 2.40. The van der Waals surface area contributed by atoms with Crippen LogP contribution in [0.2, 0.25) is 5.28 Å². The van der Waals surface area contributed by atoms with E-state index in [2.05, 4.69) is 22.8 Å². The summed E-state index contributed by atoms with van der Waals surface area (Å²) in [5.41, 5.74) is 4.95. The standard InChI is InChI=1S/C20H25ClN4O4/c1-3-5-6-7-8-16(27)28-14-11-15(29-20(14,4-2)12-26)25-10-9-13-17(22)23-19(21)24-18(13)25/h2,9-10,14-15,26H,3,5-8,11-12H2,1H3,(H2,22,23,24)/t14-,15+,20+/m0/s1. The smallest absolute Gasteiger partial charge is 0.306 e. The van der Waals surface area contributed by atoms with Crippen molar-refractivity contribution in [3.8, 4) is 12.3 Å². The predicted octanol–water partition coefficient (Wildman–Crippen LogP) is 2.83. The average molecular weight is 421 g/mol. The predicted molar refractivity (Wildman–Crippen MR) is 109 cm³/mol. The zero-order valence-electron chi connectivity index (χ0n) is 16.3. The molecule has 1 saturated heterocycles. The van der Waals surface area contributed by atoms with Crippen molar-refractivity contribution in [3.05, 3.63) is 17.5 Å². The zero-order chi connectivity index (χ0) is 21.0. The van der Waals surface area contributed by atoms with Crippen molar-refractivity contribution in [3.63, 3.8) is 0 Å². The van der Waals surface area contributed by atoms with Crippen LogP contribution in [0.5, 0.6) is 0 Å². The number of hydrogen-bond donors (Lipinski definition) is 2. The number of nitrogen functional groups attached to an aromatic ring is 1. The fourth-order valence-corrected chi connectivity index (χ4v) is 3.71. The van der Waals surface area contributed by atoms with Gasteiger partial charge in [-0.1, -0.05) is 32.1 Å². The molecule has 0 spiro atoms. The third-order valence-electron chi connectivity index (χ3n) is 5.15. The van der Waals surface area contributed by atoms with E-state index in [-0.39, 0.29) is 23.5 Å². The van der Waals surface area contributed by atoms with E-state index in [0.717, 1.165) is 25.7 Å². The van der Waals surface area contributed by atoms with E-state index in [1.54, 1.807) is 16.8 Å². The number of carbonyl (C=O) groups is 1. The minimum atomic E-state index is -1.43. The van der Waals surface area contributed by atoms with Gasteiger partial charge in [0.25, 0.3) is 0 Å². The van der Waals surface area contributed by atoms with Gasteiger partial charge >= 0.3 is 5.97 Å². The molecule has 9 heteroatoms. The van der Waals surface area contributed by atoms with E-state index in [1.165, 1.54) is 0 Å². The number of carbonyl (C=O) groups excluding carboxylic acids is 1. The third-order valence-corrected chi connectivity index (χ3v) is 5.32. The Hall–Kier alpha value is -2.34. The van der Waals surface area contributed by atoms with Crippen molar-refractivity contribution >= 4 is 34.4 Å². The number of fused-ring (bicyclic) bond motifs is 1. The molecule has 1 aliphatic heterocycles. The van der Waals surface area contributed by atoms with Crippen molar-refractivity contribution in [1.82, 2.24) is 14.5 Å². The molecule has 0 bridgehead atoms. The molecular weight excluding hydrogens is 396 g/mol. The van der Waals surface area contributed by atoms with Crippen LogP contribution >= 0.6 is 11.6 Å². The van der Waals surface area contributed by atoms with Crippen LogP contribution in [0.3, 0.4) is 0 Å². The van der Waals surface area contributed by atoms with E-state index in [9.17, 15) is 9.90 Å². The Balaban J connectivity index is 1.80. The largest absolute Gasteiger partial charge is 0.458 e. The van der Waals surface area contributed by atoms with Crippen molar-refractivity contribution in [1.29, 1.82) is 0 Å². The molecule has 0 amide bonds. The third kappa shape index (κ3) is 4.32. The SMILES string of the molecule is C#C[C@]1(CO)O[C@@H](n2ccc3c(N)nc(Cl)nc32)C[C@@H]1OC(=O)CCCCCC. The van der Waals surface area contributed by atoms with Crippen molar-refractivity contribution in [2.75, 3.05) is 12.3 Å². The van der Waals surface area contributed by atoms with Crippen LogP contribution in [0.15, 0.2) is 12.3 Å². The number of aliphatic hydroxyl groups excluding tert-OH is 1. The Morgan fingerprint density at radius 1 is 1.52 bits per heavy atom. The molecule has 2 aromatic rings. The second-order valence-corrected chi connectivity index (χ2v) is 7.47. The molecule has 29 heavy (non-hydrogen) atoms. The number of aromatic nitrogens is 3. The molecule has 0 aliphatic carbocycles. The number of nitrogens with two attached hydrogens (primary N) is 1. The maximum absolute atomic E-state index is 12.3. The lowest BCUT2D eigenvalue weighted by atomic mass is 9.98. The molecule has 3 rings (SSSR count). The number of ether oxygens (including phenoxy) is 2. The lowest BCUT2D eigenvalue weighted by Crippen LogP contribution is -2.44. The minimum absolute atomic E-state index is 0.00775. The number of hydrogen-bond acceptors (Lipinski definition) is 7. The molecule has 8 nitrogen and oxygen atoms in total. The topological polar surface area (TPSA) is 112 Å². The van der Waals surface area contributed by atoms with E-state index < -0.39 is 24.5 Å². The Labute approximate surface area is 174 Å². The summed E-state index contributed by atoms with van der Waals surface area (Å²) in [6.07, 6.45) is 10.4. The van der Waals surface area contributed by atoms with Crippen molar-refractivity contribution < 1.29 is 19.4 Å². The van der Waals surface area contributed by atoms with Gasteiger partial charge in [0, 0.05) is 19.0 Å². The average Bonchev–Trinajstić information content (AvgIpc) is 3.27. The first kappa shape index (κ1) is 21.4. The minimum Gasteiger partial charge on any atom is -0.458 e. The summed E-state index contributed by atoms with van der Waals surface area (Å²) in [5, 5.41) is 10.6. The molecule has 156 valence electrons. The first-order chi connectivity index (χ1) is 13.9. The Morgan fingerprint density at radius 2 is 2.31 bits per heavy atom. The van der Waals surface area contributed by atoms with Crippen LogP contribution in [0, 0.1) is 12.3 Å². The van der Waals surface area contributed by atoms with Crippen LogP contribution in [0.1, 0.15) is 51.7 Å². The highest BCUT2D eigenvalue weighted by atomic mass is 35.5. The Bertz CT molecular complexity index is 925. The van der Waals surface area contributed by atoms with Gasteiger partial charge in [-0.15, -0.1) is 6.42 Å². The number of unbranched alkanes of at least 4 members (excludes halogenated alkanes) is 3. The molecule has 3 atom stereocenters. The lowest BCUT2D eigenvalue weighted by Gasteiger charge is -2.26. The van der Waals surface area contributed by atoms with Crippen LogP contribution < -0.4 is 5.73 Å². The summed E-state index contributed by atoms with van der Waals surface area (Å²) < 4.78 is 13.3. The number of rotatable bonds is 8. The van der Waals surface area contributed by atoms with Gasteiger partial charge in [0.1, 0.15) is 23.8 Å². The van der Waals surface area contributed by atoms with Gasteiger partial charge in [-0.05, 0) is 24.1 Å². The van der Waals surface area contributed by atoms with Gasteiger partial charge < -0.3 is 24.9 Å². The number of nitrogens with zero attached hydrogens (tertiary/aromatic N) is 3. The summed E-state index contributed by atoms with van der Waals surface area (Å²) in [6, 6.07) is 1.74. The van der Waals surface area contributed by atoms with Gasteiger partial charge in [0.05, 0.1) is 12.0 Å². The summed E-state index contributed by atoms with van der Waals surface area (Å²) >= 11 is 5.94. The summed E-state index contributed by atoms with van der Waals surface area (Å²) in [7, 11) is 0. The second-order valence-electron chi connectivity index (χ2n) is 7.13. The molecule has 0 saturated carbocycles. The molecule has 1 fully saturated rings. The van der Waals surface area contributed by atoms with Crippen molar-refractivity contribution in [2.45, 2.75) is 63.4 Å². The van der Waals surface area contributed by atoms with E-state index in [0.29, 0.717) is 17.5 Å². The molecule has 2 aromatic heterocycles. The molecule has 0 aromatic carbocycles. The van der Waals surface area contributed by atoms with Gasteiger partial charge in [0.15, 0.2) is 5.60 Å². The Morgan fingerprint density at radius 3 is 3.00 bits per heavy atom. The van der Waals surface area contributed by atoms with Crippen LogP contribution in [-0.2, 0) is 14.3 Å². The molecule has 3 heterocycles. The molecule has 0 unspecified atom stereocenters. The van der Waals surface area contributed by atoms with Crippen LogP contribution in [0.4, 0.5) is 5.82 Å². The monoisotopic (exact) mass is 420 g/mol. The quantitative estimate of drug-likeness (QED) is 0.292. The molecule has 3 N–H and O–H groups in total. The van der Waals surface area contributed by atoms with E-state index in [1.807, 2.05) is 0 Å². The zero-order valence-corrected chi connectivity index (χ0v) is 17.1. The van der Waals surface area contributed by atoms with E-state index in [4.69, 9.17) is 33.2 Å². The van der Waals surface area contributed by atoms with Crippen molar-refractivity contribution in [2.24, 2.45) is 0 Å². The summed E-state index contributed by atoms with van der Waals surface area (Å²) in [6.45, 7) is 1.62. The Kier molecular flexibility index (Phi) is 6.63. The molecule has 0 radical (unpaired) electrons. The summed E-state index contributed by atoms with van der Waals surface area (Å²) in [4.78, 5) is 20.4.